The first-order valence-corrected chi connectivity index (χ1v) is 7.53. The minimum Gasteiger partial charge on any atom is -0.312 e. The van der Waals surface area contributed by atoms with Crippen molar-refractivity contribution in [1.29, 1.82) is 0 Å². The van der Waals surface area contributed by atoms with Gasteiger partial charge in [0.1, 0.15) is 5.82 Å². The van der Waals surface area contributed by atoms with Gasteiger partial charge in [-0.1, -0.05) is 32.3 Å². The Morgan fingerprint density at radius 2 is 2.00 bits per heavy atom. The van der Waals surface area contributed by atoms with Crippen molar-refractivity contribution >= 4 is 15.9 Å². The van der Waals surface area contributed by atoms with Crippen molar-refractivity contribution in [2.75, 3.05) is 6.54 Å². The van der Waals surface area contributed by atoms with Gasteiger partial charge >= 0.3 is 0 Å². The van der Waals surface area contributed by atoms with Gasteiger partial charge in [0.2, 0.25) is 0 Å². The molecule has 1 fully saturated rings. The third kappa shape index (κ3) is 3.79. The molecule has 1 aromatic rings. The molecule has 0 radical (unpaired) electrons. The minimum absolute atomic E-state index is 0.196. The lowest BCUT2D eigenvalue weighted by atomic mass is 9.76. The molecule has 1 N–H and O–H groups in total. The van der Waals surface area contributed by atoms with E-state index in [0.717, 1.165) is 18.7 Å². The first kappa shape index (κ1) is 14.0. The zero-order valence-electron chi connectivity index (χ0n) is 10.9. The summed E-state index contributed by atoms with van der Waals surface area (Å²) in [5, 5.41) is 3.52. The second kappa shape index (κ2) is 6.16. The quantitative estimate of drug-likeness (QED) is 0.853. The molecule has 0 atom stereocenters. The van der Waals surface area contributed by atoms with Gasteiger partial charge in [-0.2, -0.15) is 0 Å². The highest BCUT2D eigenvalue weighted by atomic mass is 79.9. The number of benzene rings is 1. The van der Waals surface area contributed by atoms with Crippen LogP contribution in [0.4, 0.5) is 4.39 Å². The molecule has 1 aromatic carbocycles. The molecule has 1 aliphatic rings. The van der Waals surface area contributed by atoms with Crippen molar-refractivity contribution in [3.8, 4) is 0 Å². The molecular weight excluding hydrogens is 293 g/mol. The van der Waals surface area contributed by atoms with E-state index in [1.807, 2.05) is 12.1 Å². The van der Waals surface area contributed by atoms with Crippen LogP contribution in [0.2, 0.25) is 0 Å². The zero-order valence-corrected chi connectivity index (χ0v) is 12.5. The molecule has 2 rings (SSSR count). The van der Waals surface area contributed by atoms with Gasteiger partial charge in [0.15, 0.2) is 0 Å². The highest BCUT2D eigenvalue weighted by molar-refractivity contribution is 9.10. The lowest BCUT2D eigenvalue weighted by Gasteiger charge is -2.33. The average molecular weight is 314 g/mol. The number of halogens is 2. The Hall–Kier alpha value is -0.410. The molecule has 0 amide bonds. The predicted octanol–water partition coefficient (Wildman–Crippen LogP) is 4.65. The van der Waals surface area contributed by atoms with Crippen molar-refractivity contribution in [3.05, 3.63) is 34.1 Å². The summed E-state index contributed by atoms with van der Waals surface area (Å²) in [6.07, 6.45) is 6.77. The summed E-state index contributed by atoms with van der Waals surface area (Å²) >= 11 is 3.22. The topological polar surface area (TPSA) is 12.0 Å². The van der Waals surface area contributed by atoms with E-state index in [4.69, 9.17) is 0 Å². The van der Waals surface area contributed by atoms with E-state index in [9.17, 15) is 4.39 Å². The Kier molecular flexibility index (Phi) is 4.79. The summed E-state index contributed by atoms with van der Waals surface area (Å²) in [6, 6.07) is 5.21. The molecule has 18 heavy (non-hydrogen) atoms. The maximum atomic E-state index is 13.1. The van der Waals surface area contributed by atoms with Gasteiger partial charge in [0.25, 0.3) is 0 Å². The largest absolute Gasteiger partial charge is 0.312 e. The zero-order chi connectivity index (χ0) is 13.0. The van der Waals surface area contributed by atoms with Gasteiger partial charge in [-0.15, -0.1) is 0 Å². The third-order valence-corrected chi connectivity index (χ3v) is 4.53. The van der Waals surface area contributed by atoms with Crippen LogP contribution in [0.3, 0.4) is 0 Å². The minimum atomic E-state index is -0.196. The Morgan fingerprint density at radius 3 is 2.67 bits per heavy atom. The summed E-state index contributed by atoms with van der Waals surface area (Å²) in [5.74, 6) is -0.196. The molecule has 0 spiro atoms. The molecule has 0 aromatic heterocycles. The molecule has 1 aliphatic carbocycles. The Morgan fingerprint density at radius 1 is 1.28 bits per heavy atom. The summed E-state index contributed by atoms with van der Waals surface area (Å²) in [5.41, 5.74) is 1.58. The number of nitrogens with one attached hydrogen (secondary N) is 1. The van der Waals surface area contributed by atoms with Crippen molar-refractivity contribution in [1.82, 2.24) is 5.32 Å². The molecular formula is C15H21BrFN. The molecule has 1 saturated carbocycles. The van der Waals surface area contributed by atoms with Crippen LogP contribution in [0.1, 0.15) is 44.6 Å². The van der Waals surface area contributed by atoms with Crippen molar-refractivity contribution in [2.45, 2.75) is 45.6 Å². The Labute approximate surface area is 117 Å². The van der Waals surface area contributed by atoms with E-state index in [2.05, 4.69) is 28.2 Å². The normalized spacial score (nSPS) is 18.8. The lowest BCUT2D eigenvalue weighted by Crippen LogP contribution is -2.33. The molecule has 0 heterocycles. The maximum absolute atomic E-state index is 13.1. The Balaban J connectivity index is 1.82. The maximum Gasteiger partial charge on any atom is 0.137 e. The lowest BCUT2D eigenvalue weighted by molar-refractivity contribution is 0.207. The average Bonchev–Trinajstić information content (AvgIpc) is 2.34. The first-order valence-electron chi connectivity index (χ1n) is 6.74. The van der Waals surface area contributed by atoms with Gasteiger partial charge < -0.3 is 5.32 Å². The van der Waals surface area contributed by atoms with Crippen LogP contribution in [0.15, 0.2) is 22.7 Å². The second-order valence-corrected chi connectivity index (χ2v) is 6.58. The molecule has 0 unspecified atom stereocenters. The third-order valence-electron chi connectivity index (χ3n) is 3.93. The number of hydrogen-bond donors (Lipinski definition) is 1. The highest BCUT2D eigenvalue weighted by Crippen LogP contribution is 2.34. The molecule has 1 nitrogen and oxygen atoms in total. The standard InChI is InChI=1S/C15H21BrFN/c1-15(7-3-2-4-8-15)11-18-10-12-5-6-14(17)13(16)9-12/h5-6,9,18H,2-4,7-8,10-11H2,1H3. The van der Waals surface area contributed by atoms with E-state index in [-0.39, 0.29) is 5.82 Å². The van der Waals surface area contributed by atoms with E-state index >= 15 is 0 Å². The van der Waals surface area contributed by atoms with Crippen molar-refractivity contribution < 1.29 is 4.39 Å². The van der Waals surface area contributed by atoms with Gasteiger partial charge in [-0.05, 0) is 51.9 Å². The molecule has 0 aliphatic heterocycles. The number of rotatable bonds is 4. The van der Waals surface area contributed by atoms with Crippen molar-refractivity contribution in [3.63, 3.8) is 0 Å². The molecule has 0 bridgehead atoms. The Bertz CT molecular complexity index is 399. The van der Waals surface area contributed by atoms with Crippen LogP contribution in [-0.4, -0.2) is 6.54 Å². The van der Waals surface area contributed by atoms with Crippen LogP contribution in [-0.2, 0) is 6.54 Å². The van der Waals surface area contributed by atoms with Gasteiger partial charge in [-0.25, -0.2) is 4.39 Å². The second-order valence-electron chi connectivity index (χ2n) is 5.72. The molecule has 0 saturated heterocycles. The summed E-state index contributed by atoms with van der Waals surface area (Å²) in [4.78, 5) is 0. The van der Waals surface area contributed by atoms with Crippen LogP contribution in [0, 0.1) is 11.2 Å². The first-order chi connectivity index (χ1) is 8.59. The molecule has 100 valence electrons. The van der Waals surface area contributed by atoms with Crippen LogP contribution in [0.5, 0.6) is 0 Å². The fourth-order valence-electron chi connectivity index (χ4n) is 2.74. The predicted molar refractivity (Wildman–Crippen MR) is 77.0 cm³/mol. The fourth-order valence-corrected chi connectivity index (χ4v) is 3.17. The van der Waals surface area contributed by atoms with Crippen LogP contribution < -0.4 is 5.32 Å². The van der Waals surface area contributed by atoms with Gasteiger partial charge in [0.05, 0.1) is 4.47 Å². The highest BCUT2D eigenvalue weighted by Gasteiger charge is 2.25. The van der Waals surface area contributed by atoms with E-state index < -0.39 is 0 Å². The summed E-state index contributed by atoms with van der Waals surface area (Å²) in [6.45, 7) is 4.25. The monoisotopic (exact) mass is 313 g/mol. The van der Waals surface area contributed by atoms with E-state index in [1.54, 1.807) is 0 Å². The molecule has 3 heteroatoms. The summed E-state index contributed by atoms with van der Waals surface area (Å²) in [7, 11) is 0. The van der Waals surface area contributed by atoms with Crippen LogP contribution >= 0.6 is 15.9 Å². The van der Waals surface area contributed by atoms with E-state index in [1.165, 1.54) is 38.2 Å². The van der Waals surface area contributed by atoms with Crippen LogP contribution in [0.25, 0.3) is 0 Å². The fraction of sp³-hybridized carbons (Fsp3) is 0.600. The van der Waals surface area contributed by atoms with Gasteiger partial charge in [0, 0.05) is 13.1 Å². The van der Waals surface area contributed by atoms with E-state index in [0.29, 0.717) is 9.89 Å². The smallest absolute Gasteiger partial charge is 0.137 e. The summed E-state index contributed by atoms with van der Waals surface area (Å²) < 4.78 is 13.7. The van der Waals surface area contributed by atoms with Crippen molar-refractivity contribution in [2.24, 2.45) is 5.41 Å². The number of hydrogen-bond acceptors (Lipinski definition) is 1. The SMILES string of the molecule is CC1(CNCc2ccc(F)c(Br)c2)CCCCC1. The van der Waals surface area contributed by atoms with Gasteiger partial charge in [-0.3, -0.25) is 0 Å².